The summed E-state index contributed by atoms with van der Waals surface area (Å²) in [6, 6.07) is 42.0. The van der Waals surface area contributed by atoms with Crippen molar-refractivity contribution in [2.75, 3.05) is 0 Å². The fourth-order valence-corrected chi connectivity index (χ4v) is 6.82. The average molecular weight is 673 g/mol. The number of hydrogen-bond donors (Lipinski definition) is 0. The Labute approximate surface area is 313 Å². The predicted molar refractivity (Wildman–Crippen MR) is 216 cm³/mol. The summed E-state index contributed by atoms with van der Waals surface area (Å²) < 4.78 is 52.5. The number of pyridine rings is 2. The molecule has 0 fully saturated rings. The molecule has 2 heterocycles. The van der Waals surface area contributed by atoms with E-state index in [0.29, 0.717) is 16.7 Å². The van der Waals surface area contributed by atoms with Crippen molar-refractivity contribution >= 4 is 0 Å². The molecule has 0 aliphatic rings. The van der Waals surface area contributed by atoms with Crippen molar-refractivity contribution < 1.29 is 17.4 Å². The smallest absolute Gasteiger partial charge is 0.201 e. The van der Waals surface area contributed by atoms with Gasteiger partial charge in [-0.1, -0.05) is 103 Å². The summed E-state index contributed by atoms with van der Waals surface area (Å²) in [7, 11) is 3.95. The molecule has 2 nitrogen and oxygen atoms in total. The second-order valence-corrected chi connectivity index (χ2v) is 13.5. The van der Waals surface area contributed by atoms with E-state index in [1.165, 1.54) is 44.6 Å². The molecule has 0 atom stereocenters. The third kappa shape index (κ3) is 7.61. The summed E-state index contributed by atoms with van der Waals surface area (Å²) in [5.41, 5.74) is 16.4. The van der Waals surface area contributed by atoms with Crippen molar-refractivity contribution in [3.63, 3.8) is 0 Å². The molecule has 0 unspecified atom stereocenters. The summed E-state index contributed by atoms with van der Waals surface area (Å²) in [5, 5.41) is 0. The van der Waals surface area contributed by atoms with Gasteiger partial charge >= 0.3 is 0 Å². The molecular weight excluding hydrogens is 617 g/mol. The molecule has 2 aromatic heterocycles. The minimum atomic E-state index is -2.28. The van der Waals surface area contributed by atoms with Gasteiger partial charge in [0, 0.05) is 42.6 Å². The van der Waals surface area contributed by atoms with Crippen molar-refractivity contribution in [3.05, 3.63) is 179 Å². The van der Waals surface area contributed by atoms with Crippen LogP contribution in [-0.4, -0.2) is 0 Å². The number of rotatable bonds is 5. The molecule has 2 heteroatoms. The van der Waals surface area contributed by atoms with Crippen LogP contribution >= 0.6 is 0 Å². The zero-order valence-corrected chi connectivity index (χ0v) is 30.7. The van der Waals surface area contributed by atoms with Gasteiger partial charge in [-0.05, 0) is 122 Å². The number of hydrogen-bond acceptors (Lipinski definition) is 0. The molecule has 0 spiro atoms. The molecule has 7 rings (SSSR count). The molecule has 7 aromatic rings. The van der Waals surface area contributed by atoms with Gasteiger partial charge in [-0.2, -0.15) is 0 Å². The first-order valence-electron chi connectivity index (χ1n) is 20.4. The monoisotopic (exact) mass is 672 g/mol. The van der Waals surface area contributed by atoms with E-state index >= 15 is 0 Å². The van der Waals surface area contributed by atoms with E-state index in [0.717, 1.165) is 27.9 Å². The molecule has 0 saturated carbocycles. The van der Waals surface area contributed by atoms with Crippen molar-refractivity contribution in [1.82, 2.24) is 0 Å². The summed E-state index contributed by atoms with van der Waals surface area (Å²) in [5.74, 6) is 0. The van der Waals surface area contributed by atoms with Crippen molar-refractivity contribution in [2.24, 2.45) is 14.1 Å². The quantitative estimate of drug-likeness (QED) is 0.161. The van der Waals surface area contributed by atoms with Crippen molar-refractivity contribution in [3.8, 4) is 55.9 Å². The van der Waals surface area contributed by atoms with Crippen molar-refractivity contribution in [1.29, 1.82) is 0 Å². The maximum absolute atomic E-state index is 8.09. The zero-order valence-electron chi connectivity index (χ0n) is 36.7. The van der Waals surface area contributed by atoms with Crippen LogP contribution in [0.4, 0.5) is 0 Å². The first-order valence-corrected chi connectivity index (χ1v) is 17.4. The Balaban J connectivity index is 0.000000208. The highest BCUT2D eigenvalue weighted by Crippen LogP contribution is 2.34. The van der Waals surface area contributed by atoms with E-state index in [4.69, 9.17) is 8.22 Å². The molecule has 0 saturated heterocycles. The predicted octanol–water partition coefficient (Wildman–Crippen LogP) is 11.5. The standard InChI is InChI=1S/C27H26N.C22H24N/c1-19-15-20(2)26(16-24(19)22-11-7-5-8-12-22)27-17-25(21(3)18-28(27)4)23-13-9-6-10-14-23;1-15-12-22(23(5)14-18(15)4)21-13-20(16(2)11-17(21)3)19-9-7-6-8-10-19/h5-18H,1-4H3;6-14H,1-5H3/q2*+1/i1D3,3D3;. The lowest BCUT2D eigenvalue weighted by molar-refractivity contribution is -0.660. The van der Waals surface area contributed by atoms with E-state index in [2.05, 4.69) is 94.0 Å². The van der Waals surface area contributed by atoms with Gasteiger partial charge in [0.15, 0.2) is 12.4 Å². The third-order valence-corrected chi connectivity index (χ3v) is 9.76. The molecule has 0 radical (unpaired) electrons. The summed E-state index contributed by atoms with van der Waals surface area (Å²) in [6.45, 7) is 6.08. The number of aromatic nitrogens is 2. The topological polar surface area (TPSA) is 7.76 Å². The molecule has 254 valence electrons. The maximum Gasteiger partial charge on any atom is 0.213 e. The van der Waals surface area contributed by atoms with Crippen LogP contribution in [-0.2, 0) is 14.1 Å². The Bertz CT molecular complexity index is 2440. The van der Waals surface area contributed by atoms with E-state index in [1.807, 2.05) is 86.8 Å². The van der Waals surface area contributed by atoms with Gasteiger partial charge in [-0.15, -0.1) is 0 Å². The van der Waals surface area contributed by atoms with E-state index in [9.17, 15) is 0 Å². The van der Waals surface area contributed by atoms with Gasteiger partial charge < -0.3 is 0 Å². The number of benzene rings is 5. The Kier molecular flexibility index (Phi) is 8.34. The van der Waals surface area contributed by atoms with Crippen LogP contribution in [0.5, 0.6) is 0 Å². The zero-order chi connectivity index (χ0) is 41.2. The van der Waals surface area contributed by atoms with Crippen molar-refractivity contribution in [2.45, 2.75) is 48.3 Å². The first kappa shape index (κ1) is 28.1. The minimum absolute atomic E-state index is 0.269. The van der Waals surface area contributed by atoms with Crippen LogP contribution in [0.1, 0.15) is 47.2 Å². The lowest BCUT2D eigenvalue weighted by atomic mass is 9.92. The molecule has 0 bridgehead atoms. The maximum atomic E-state index is 8.09. The molecule has 5 aromatic carbocycles. The van der Waals surface area contributed by atoms with Gasteiger partial charge in [0.05, 0.1) is 0 Å². The minimum Gasteiger partial charge on any atom is -0.201 e. The van der Waals surface area contributed by atoms with Gasteiger partial charge in [-0.25, -0.2) is 9.13 Å². The van der Waals surface area contributed by atoms with Gasteiger partial charge in [-0.3, -0.25) is 0 Å². The Morgan fingerprint density at radius 1 is 0.353 bits per heavy atom. The highest BCUT2D eigenvalue weighted by atomic mass is 14.9. The first-order chi connectivity index (χ1) is 26.9. The van der Waals surface area contributed by atoms with Crippen LogP contribution < -0.4 is 9.13 Å². The van der Waals surface area contributed by atoms with E-state index < -0.39 is 13.7 Å². The molecule has 51 heavy (non-hydrogen) atoms. The lowest BCUT2D eigenvalue weighted by Crippen LogP contribution is -2.31. The average Bonchev–Trinajstić information content (AvgIpc) is 3.17. The van der Waals surface area contributed by atoms with Gasteiger partial charge in [0.25, 0.3) is 0 Å². The normalized spacial score (nSPS) is 13.1. The fourth-order valence-electron chi connectivity index (χ4n) is 6.82. The summed E-state index contributed by atoms with van der Waals surface area (Å²) >= 11 is 0. The van der Waals surface area contributed by atoms with Crippen LogP contribution in [0, 0.1) is 48.3 Å². The highest BCUT2D eigenvalue weighted by Gasteiger charge is 2.19. The number of nitrogens with zero attached hydrogens (tertiary/aromatic N) is 2. The van der Waals surface area contributed by atoms with Gasteiger partial charge in [0.1, 0.15) is 14.1 Å². The Hall–Kier alpha value is -5.60. The fraction of sp³-hybridized carbons (Fsp3) is 0.184. The van der Waals surface area contributed by atoms with E-state index in [1.54, 1.807) is 16.8 Å². The molecule has 0 N–H and O–H groups in total. The Morgan fingerprint density at radius 2 is 0.725 bits per heavy atom. The molecular formula is C49H50N2+2. The summed E-state index contributed by atoms with van der Waals surface area (Å²) in [4.78, 5) is 0. The van der Waals surface area contributed by atoms with Crippen LogP contribution in [0.15, 0.2) is 140 Å². The largest absolute Gasteiger partial charge is 0.213 e. The third-order valence-electron chi connectivity index (χ3n) is 9.76. The van der Waals surface area contributed by atoms with Gasteiger partial charge in [0.2, 0.25) is 11.4 Å². The number of aryl methyl sites for hydroxylation is 9. The van der Waals surface area contributed by atoms with Crippen LogP contribution in [0.3, 0.4) is 0 Å². The molecule has 0 aliphatic carbocycles. The Morgan fingerprint density at radius 3 is 1.20 bits per heavy atom. The lowest BCUT2D eigenvalue weighted by Gasteiger charge is -2.13. The molecule has 0 aliphatic heterocycles. The van der Waals surface area contributed by atoms with Crippen LogP contribution in [0.2, 0.25) is 0 Å². The summed E-state index contributed by atoms with van der Waals surface area (Å²) in [6.07, 6.45) is 3.87. The molecule has 0 amide bonds. The highest BCUT2D eigenvalue weighted by molar-refractivity contribution is 5.79. The van der Waals surface area contributed by atoms with Crippen LogP contribution in [0.25, 0.3) is 55.9 Å². The SMILES string of the molecule is Cc1cc(-c2cc(-c3ccccc3)c(C)cc2C)[n+](C)cc1C.[2H]C([2H])([2H])c1cc(C)c(-c2cc(-c3ccccc3)c(C([2H])([2H])[2H])c[n+]2C)cc1-c1ccccc1. The van der Waals surface area contributed by atoms with E-state index in [-0.39, 0.29) is 5.56 Å². The second kappa shape index (κ2) is 15.1. The second-order valence-electron chi connectivity index (χ2n) is 13.5.